The molecule has 2 rings (SSSR count). The van der Waals surface area contributed by atoms with Gasteiger partial charge in [-0.1, -0.05) is 42.5 Å². The molecule has 1 amide bonds. The number of non-ortho nitro benzene ring substituents is 1. The van der Waals surface area contributed by atoms with Crippen LogP contribution in [0.5, 0.6) is 0 Å². The van der Waals surface area contributed by atoms with E-state index in [1.54, 1.807) is 45.0 Å². The third-order valence-corrected chi connectivity index (χ3v) is 4.05. The second-order valence-electron chi connectivity index (χ2n) is 7.53. The molecule has 28 heavy (non-hydrogen) atoms. The van der Waals surface area contributed by atoms with Gasteiger partial charge in [0.15, 0.2) is 0 Å². The van der Waals surface area contributed by atoms with Crippen LogP contribution >= 0.6 is 0 Å². The minimum atomic E-state index is -0.842. The van der Waals surface area contributed by atoms with Crippen LogP contribution < -0.4 is 0 Å². The van der Waals surface area contributed by atoms with E-state index in [0.717, 1.165) is 5.56 Å². The average molecular weight is 386 g/mol. The van der Waals surface area contributed by atoms with Crippen LogP contribution in [0.2, 0.25) is 0 Å². The number of aliphatic hydroxyl groups excluding tert-OH is 1. The minimum absolute atomic E-state index is 0.0206. The predicted octanol–water partition coefficient (Wildman–Crippen LogP) is 4.11. The van der Waals surface area contributed by atoms with Crippen molar-refractivity contribution in [1.82, 2.24) is 4.90 Å². The fourth-order valence-electron chi connectivity index (χ4n) is 2.62. The number of nitrogens with zero attached hydrogens (tertiary/aromatic N) is 2. The Morgan fingerprint density at radius 2 is 1.75 bits per heavy atom. The summed E-state index contributed by atoms with van der Waals surface area (Å²) in [7, 11) is 0. The van der Waals surface area contributed by atoms with E-state index in [0.29, 0.717) is 18.5 Å². The van der Waals surface area contributed by atoms with Gasteiger partial charge < -0.3 is 14.7 Å². The van der Waals surface area contributed by atoms with E-state index in [-0.39, 0.29) is 12.2 Å². The fraction of sp³-hybridized carbons (Fsp3) is 0.381. The van der Waals surface area contributed by atoms with Gasteiger partial charge in [0, 0.05) is 18.7 Å². The minimum Gasteiger partial charge on any atom is -0.444 e. The number of benzene rings is 2. The first-order valence-corrected chi connectivity index (χ1v) is 9.10. The molecule has 7 nitrogen and oxygen atoms in total. The summed E-state index contributed by atoms with van der Waals surface area (Å²) in [5, 5.41) is 21.3. The van der Waals surface area contributed by atoms with Gasteiger partial charge in [0.1, 0.15) is 5.60 Å². The van der Waals surface area contributed by atoms with Gasteiger partial charge in [0.05, 0.1) is 17.6 Å². The predicted molar refractivity (Wildman–Crippen MR) is 106 cm³/mol. The maximum absolute atomic E-state index is 12.6. The lowest BCUT2D eigenvalue weighted by Gasteiger charge is -2.29. The zero-order valence-electron chi connectivity index (χ0n) is 16.4. The van der Waals surface area contributed by atoms with E-state index in [9.17, 15) is 20.0 Å². The van der Waals surface area contributed by atoms with E-state index in [1.165, 1.54) is 17.0 Å². The van der Waals surface area contributed by atoms with Crippen molar-refractivity contribution in [3.8, 4) is 0 Å². The molecule has 150 valence electrons. The average Bonchev–Trinajstić information content (AvgIpc) is 2.64. The van der Waals surface area contributed by atoms with E-state index < -0.39 is 22.7 Å². The Morgan fingerprint density at radius 3 is 2.29 bits per heavy atom. The normalized spacial score (nSPS) is 12.3. The summed E-state index contributed by atoms with van der Waals surface area (Å²) in [6.07, 6.45) is -0.867. The number of hydrogen-bond donors (Lipinski definition) is 1. The monoisotopic (exact) mass is 386 g/mol. The van der Waals surface area contributed by atoms with Crippen molar-refractivity contribution in [2.75, 3.05) is 13.1 Å². The van der Waals surface area contributed by atoms with Gasteiger partial charge in [0.25, 0.3) is 5.69 Å². The van der Waals surface area contributed by atoms with Crippen LogP contribution in [0, 0.1) is 10.1 Å². The Hall–Kier alpha value is -2.93. The quantitative estimate of drug-likeness (QED) is 0.571. The van der Waals surface area contributed by atoms with Crippen LogP contribution in [0.4, 0.5) is 10.5 Å². The molecule has 0 bridgehead atoms. The molecule has 7 heteroatoms. The number of hydrogen-bond acceptors (Lipinski definition) is 5. The molecule has 0 aliphatic rings. The van der Waals surface area contributed by atoms with Crippen molar-refractivity contribution in [2.45, 2.75) is 38.9 Å². The smallest absolute Gasteiger partial charge is 0.410 e. The zero-order chi connectivity index (χ0) is 20.7. The Kier molecular flexibility index (Phi) is 7.12. The molecular formula is C21H26N2O5. The van der Waals surface area contributed by atoms with Crippen molar-refractivity contribution in [3.05, 3.63) is 75.8 Å². The summed E-state index contributed by atoms with van der Waals surface area (Å²) in [5.74, 6) is 0. The lowest BCUT2D eigenvalue weighted by Crippen LogP contribution is -2.40. The Labute approximate surface area is 164 Å². The molecule has 2 aromatic carbocycles. The second-order valence-corrected chi connectivity index (χ2v) is 7.53. The molecule has 0 fully saturated rings. The third kappa shape index (κ3) is 6.66. The van der Waals surface area contributed by atoms with Gasteiger partial charge in [-0.2, -0.15) is 0 Å². The molecule has 0 saturated carbocycles. The number of nitro benzene ring substituents is 1. The first-order valence-electron chi connectivity index (χ1n) is 9.10. The summed E-state index contributed by atoms with van der Waals surface area (Å²) in [6.45, 7) is 5.76. The number of ether oxygens (including phenoxy) is 1. The van der Waals surface area contributed by atoms with Gasteiger partial charge in [-0.3, -0.25) is 10.1 Å². The lowest BCUT2D eigenvalue weighted by atomic mass is 10.1. The van der Waals surface area contributed by atoms with Crippen molar-refractivity contribution in [2.24, 2.45) is 0 Å². The molecule has 1 N–H and O–H groups in total. The topological polar surface area (TPSA) is 92.9 Å². The summed E-state index contributed by atoms with van der Waals surface area (Å²) >= 11 is 0. The highest BCUT2D eigenvalue weighted by molar-refractivity contribution is 5.68. The fourth-order valence-corrected chi connectivity index (χ4v) is 2.62. The molecule has 0 aliphatic carbocycles. The van der Waals surface area contributed by atoms with Crippen LogP contribution in [-0.2, 0) is 11.2 Å². The van der Waals surface area contributed by atoms with E-state index >= 15 is 0 Å². The van der Waals surface area contributed by atoms with Crippen molar-refractivity contribution in [1.29, 1.82) is 0 Å². The Balaban J connectivity index is 2.08. The molecule has 0 radical (unpaired) electrons. The maximum atomic E-state index is 12.6. The number of amides is 1. The summed E-state index contributed by atoms with van der Waals surface area (Å²) < 4.78 is 5.46. The Bertz CT molecular complexity index is 785. The first-order chi connectivity index (χ1) is 13.2. The standard InChI is InChI=1S/C21H26N2O5/c1-21(2,3)28-20(25)22(15-19(24)17-7-5-4-6-8-17)14-13-16-9-11-18(12-10-16)23(26)27/h4-12,19,24H,13-15H2,1-3H3/t19-/m0/s1. The summed E-state index contributed by atoms with van der Waals surface area (Å²) in [5.41, 5.74) is 0.937. The van der Waals surface area contributed by atoms with Crippen LogP contribution in [0.3, 0.4) is 0 Å². The number of rotatable bonds is 7. The van der Waals surface area contributed by atoms with Crippen LogP contribution in [0.1, 0.15) is 38.0 Å². The first kappa shape index (κ1) is 21.4. The summed E-state index contributed by atoms with van der Waals surface area (Å²) in [4.78, 5) is 24.4. The highest BCUT2D eigenvalue weighted by atomic mass is 16.6. The number of nitro groups is 1. The molecule has 1 atom stereocenters. The molecule has 0 aliphatic heterocycles. The van der Waals surface area contributed by atoms with E-state index in [1.807, 2.05) is 18.2 Å². The molecule has 0 spiro atoms. The molecule has 0 heterocycles. The lowest BCUT2D eigenvalue weighted by molar-refractivity contribution is -0.384. The molecule has 0 saturated heterocycles. The molecule has 0 aromatic heterocycles. The number of aliphatic hydroxyl groups is 1. The molecule has 0 unspecified atom stereocenters. The van der Waals surface area contributed by atoms with Gasteiger partial charge in [0.2, 0.25) is 0 Å². The number of carbonyl (C=O) groups excluding carboxylic acids is 1. The molecule has 2 aromatic rings. The Morgan fingerprint density at radius 1 is 1.14 bits per heavy atom. The van der Waals surface area contributed by atoms with Crippen molar-refractivity contribution in [3.63, 3.8) is 0 Å². The van der Waals surface area contributed by atoms with Gasteiger partial charge in [-0.15, -0.1) is 0 Å². The maximum Gasteiger partial charge on any atom is 0.410 e. The van der Waals surface area contributed by atoms with E-state index in [4.69, 9.17) is 4.74 Å². The second kappa shape index (κ2) is 9.32. The van der Waals surface area contributed by atoms with Gasteiger partial charge >= 0.3 is 6.09 Å². The van der Waals surface area contributed by atoms with Crippen LogP contribution in [-0.4, -0.2) is 39.7 Å². The highest BCUT2D eigenvalue weighted by Crippen LogP contribution is 2.18. The zero-order valence-corrected chi connectivity index (χ0v) is 16.4. The summed E-state index contributed by atoms with van der Waals surface area (Å²) in [6, 6.07) is 15.3. The third-order valence-electron chi connectivity index (χ3n) is 4.05. The van der Waals surface area contributed by atoms with Crippen molar-refractivity contribution < 1.29 is 19.6 Å². The molecular weight excluding hydrogens is 360 g/mol. The van der Waals surface area contributed by atoms with E-state index in [2.05, 4.69) is 0 Å². The van der Waals surface area contributed by atoms with Crippen LogP contribution in [0.25, 0.3) is 0 Å². The SMILES string of the molecule is CC(C)(C)OC(=O)N(CCc1ccc([N+](=O)[O-])cc1)C[C@H](O)c1ccccc1. The van der Waals surface area contributed by atoms with Gasteiger partial charge in [-0.05, 0) is 38.3 Å². The van der Waals surface area contributed by atoms with Crippen molar-refractivity contribution >= 4 is 11.8 Å². The largest absolute Gasteiger partial charge is 0.444 e. The highest BCUT2D eigenvalue weighted by Gasteiger charge is 2.24. The van der Waals surface area contributed by atoms with Gasteiger partial charge in [-0.25, -0.2) is 4.79 Å². The van der Waals surface area contributed by atoms with Crippen LogP contribution in [0.15, 0.2) is 54.6 Å². The number of carbonyl (C=O) groups is 1.